The lowest BCUT2D eigenvalue weighted by Gasteiger charge is -2.20. The van der Waals surface area contributed by atoms with Crippen LogP contribution in [0.15, 0.2) is 29.7 Å². The van der Waals surface area contributed by atoms with Gasteiger partial charge in [0, 0.05) is 24.7 Å². The number of non-ortho nitro benzene ring substituents is 1. The highest BCUT2D eigenvalue weighted by Crippen LogP contribution is 2.39. The van der Waals surface area contributed by atoms with Gasteiger partial charge in [-0.25, -0.2) is 0 Å². The van der Waals surface area contributed by atoms with Gasteiger partial charge in [-0.2, -0.15) is 5.26 Å². The zero-order valence-corrected chi connectivity index (χ0v) is 11.9. The average Bonchev–Trinajstić information content (AvgIpc) is 2.73. The number of benzene rings is 1. The Morgan fingerprint density at radius 3 is 2.82 bits per heavy atom. The van der Waals surface area contributed by atoms with Crippen molar-refractivity contribution >= 4 is 11.6 Å². The first kappa shape index (κ1) is 15.3. The number of hydrogen-bond acceptors (Lipinski definition) is 6. The molecule has 1 atom stereocenters. The third-order valence-corrected chi connectivity index (χ3v) is 3.38. The minimum Gasteiger partial charge on any atom is -0.480 e. The summed E-state index contributed by atoms with van der Waals surface area (Å²) in [5, 5.41) is 30.0. The normalized spacial score (nSPS) is 17.6. The molecule has 0 aromatic heterocycles. The number of carbonyl (C=O) groups excluding carboxylic acids is 1. The smallest absolute Gasteiger partial charge is 0.293 e. The molecule has 1 aliphatic rings. The van der Waals surface area contributed by atoms with E-state index in [9.17, 15) is 25.3 Å². The van der Waals surface area contributed by atoms with Crippen LogP contribution in [0.3, 0.4) is 0 Å². The summed E-state index contributed by atoms with van der Waals surface area (Å²) in [5.41, 5.74) is 0.191. The largest absolute Gasteiger partial charge is 0.480 e. The Hall–Kier alpha value is -3.08. The molecular weight excluding hydrogens is 290 g/mol. The number of rotatable bonds is 4. The summed E-state index contributed by atoms with van der Waals surface area (Å²) in [5.74, 6) is -0.971. The van der Waals surface area contributed by atoms with E-state index in [4.69, 9.17) is 4.74 Å². The van der Waals surface area contributed by atoms with E-state index in [0.29, 0.717) is 5.56 Å². The molecule has 1 aromatic carbocycles. The van der Waals surface area contributed by atoms with Gasteiger partial charge < -0.3 is 14.7 Å². The van der Waals surface area contributed by atoms with Crippen LogP contribution in [-0.2, 0) is 4.74 Å². The van der Waals surface area contributed by atoms with Gasteiger partial charge in [0.25, 0.3) is 17.5 Å². The van der Waals surface area contributed by atoms with Gasteiger partial charge >= 0.3 is 0 Å². The molecule has 0 fully saturated rings. The number of aliphatic hydroxyl groups is 1. The third kappa shape index (κ3) is 2.33. The van der Waals surface area contributed by atoms with Gasteiger partial charge in [-0.3, -0.25) is 14.9 Å². The number of ether oxygens (including phenoxy) is 1. The van der Waals surface area contributed by atoms with Crippen molar-refractivity contribution < 1.29 is 19.6 Å². The van der Waals surface area contributed by atoms with Crippen molar-refractivity contribution in [3.63, 3.8) is 0 Å². The van der Waals surface area contributed by atoms with Gasteiger partial charge in [0.1, 0.15) is 17.7 Å². The maximum Gasteiger partial charge on any atom is 0.293 e. The highest BCUT2D eigenvalue weighted by molar-refractivity contribution is 6.00. The molecule has 0 bridgehead atoms. The molecule has 1 aromatic rings. The minimum atomic E-state index is -0.918. The molecule has 8 heteroatoms. The van der Waals surface area contributed by atoms with Gasteiger partial charge in [0.15, 0.2) is 0 Å². The zero-order chi connectivity index (χ0) is 16.4. The first-order valence-corrected chi connectivity index (χ1v) is 6.43. The Labute approximate surface area is 126 Å². The maximum atomic E-state index is 12.2. The van der Waals surface area contributed by atoms with E-state index in [2.05, 4.69) is 0 Å². The van der Waals surface area contributed by atoms with Crippen molar-refractivity contribution in [2.45, 2.75) is 13.0 Å². The fourth-order valence-electron chi connectivity index (χ4n) is 2.39. The molecule has 1 heterocycles. The van der Waals surface area contributed by atoms with Crippen molar-refractivity contribution in [3.05, 3.63) is 51.0 Å². The van der Waals surface area contributed by atoms with E-state index < -0.39 is 16.9 Å². The number of fused-ring (bicyclic) bond motifs is 1. The van der Waals surface area contributed by atoms with E-state index in [1.54, 1.807) is 6.92 Å². The average molecular weight is 303 g/mol. The first-order chi connectivity index (χ1) is 10.4. The van der Waals surface area contributed by atoms with Crippen LogP contribution in [0.1, 0.15) is 28.9 Å². The Morgan fingerprint density at radius 2 is 2.27 bits per heavy atom. The maximum absolute atomic E-state index is 12.2. The van der Waals surface area contributed by atoms with Crippen molar-refractivity contribution in [2.24, 2.45) is 0 Å². The van der Waals surface area contributed by atoms with Crippen molar-refractivity contribution in [1.82, 2.24) is 4.90 Å². The van der Waals surface area contributed by atoms with Crippen LogP contribution in [0.25, 0.3) is 0 Å². The molecule has 114 valence electrons. The molecular formula is C14H13N3O5. The van der Waals surface area contributed by atoms with E-state index in [1.807, 2.05) is 6.07 Å². The third-order valence-electron chi connectivity index (χ3n) is 3.38. The van der Waals surface area contributed by atoms with Crippen LogP contribution in [0.4, 0.5) is 5.69 Å². The summed E-state index contributed by atoms with van der Waals surface area (Å²) < 4.78 is 4.92. The van der Waals surface area contributed by atoms with Gasteiger partial charge in [0.05, 0.1) is 11.5 Å². The monoisotopic (exact) mass is 303 g/mol. The van der Waals surface area contributed by atoms with E-state index in [1.165, 1.54) is 30.1 Å². The van der Waals surface area contributed by atoms with Crippen LogP contribution in [0, 0.1) is 21.4 Å². The predicted octanol–water partition coefficient (Wildman–Crippen LogP) is 2.05. The summed E-state index contributed by atoms with van der Waals surface area (Å²) in [7, 11) is 1.45. The molecule has 2 rings (SSSR count). The number of carbonyl (C=O) groups is 1. The molecule has 0 spiro atoms. The Bertz CT molecular complexity index is 720. The van der Waals surface area contributed by atoms with Gasteiger partial charge in [-0.15, -0.1) is 0 Å². The van der Waals surface area contributed by atoms with Crippen molar-refractivity contribution in [1.29, 1.82) is 5.26 Å². The molecule has 0 aliphatic carbocycles. The van der Waals surface area contributed by atoms with Crippen LogP contribution >= 0.6 is 0 Å². The SMILES string of the molecule is CCO/C(O)=C(/C#N)C1c2cc([N+](=O)[O-])ccc2C(=O)N1C. The minimum absolute atomic E-state index is 0.142. The van der Waals surface area contributed by atoms with Gasteiger partial charge in [-0.05, 0) is 18.6 Å². The molecule has 8 nitrogen and oxygen atoms in total. The fraction of sp³-hybridized carbons (Fsp3) is 0.286. The summed E-state index contributed by atoms with van der Waals surface area (Å²) in [4.78, 5) is 23.7. The summed E-state index contributed by atoms with van der Waals surface area (Å²) >= 11 is 0. The highest BCUT2D eigenvalue weighted by atomic mass is 16.6. The van der Waals surface area contributed by atoms with Crippen molar-refractivity contribution in [2.75, 3.05) is 13.7 Å². The number of nitro groups is 1. The summed E-state index contributed by atoms with van der Waals surface area (Å²) in [6.45, 7) is 1.77. The van der Waals surface area contributed by atoms with Gasteiger partial charge in [0.2, 0.25) is 0 Å². The number of nitro benzene ring substituents is 1. The number of nitriles is 1. The molecule has 0 radical (unpaired) electrons. The number of aliphatic hydroxyl groups excluding tert-OH is 1. The van der Waals surface area contributed by atoms with Crippen LogP contribution in [0.2, 0.25) is 0 Å². The first-order valence-electron chi connectivity index (χ1n) is 6.43. The Kier molecular flexibility index (Phi) is 3.99. The molecule has 0 saturated heterocycles. The summed E-state index contributed by atoms with van der Waals surface area (Å²) in [6.07, 6.45) is 0. The zero-order valence-electron chi connectivity index (χ0n) is 11.9. The van der Waals surface area contributed by atoms with E-state index in [0.717, 1.165) is 0 Å². The van der Waals surface area contributed by atoms with E-state index in [-0.39, 0.29) is 29.3 Å². The molecule has 0 saturated carbocycles. The molecule has 1 N–H and O–H groups in total. The Balaban J connectivity index is 2.62. The number of amides is 1. The number of nitrogens with zero attached hydrogens (tertiary/aromatic N) is 3. The van der Waals surface area contributed by atoms with Gasteiger partial charge in [-0.1, -0.05) is 0 Å². The fourth-order valence-corrected chi connectivity index (χ4v) is 2.39. The lowest BCUT2D eigenvalue weighted by molar-refractivity contribution is -0.384. The topological polar surface area (TPSA) is 117 Å². The lowest BCUT2D eigenvalue weighted by Crippen LogP contribution is -2.25. The highest BCUT2D eigenvalue weighted by Gasteiger charge is 2.39. The second kappa shape index (κ2) is 5.73. The Morgan fingerprint density at radius 1 is 1.59 bits per heavy atom. The number of likely N-dealkylation sites (N-methyl/N-ethyl adjacent to an activating group) is 1. The summed E-state index contributed by atoms with van der Waals surface area (Å²) in [6, 6.07) is 4.70. The molecule has 1 unspecified atom stereocenters. The second-order valence-corrected chi connectivity index (χ2v) is 4.61. The predicted molar refractivity (Wildman–Crippen MR) is 74.8 cm³/mol. The standard InChI is InChI=1S/C14H13N3O5/c1-3-22-14(19)11(7-15)12-10-6-8(17(20)21)4-5-9(10)13(18)16(12)2/h4-6,12,19H,3H2,1-2H3/b14-11-. The van der Waals surface area contributed by atoms with Crippen LogP contribution in [0.5, 0.6) is 0 Å². The van der Waals surface area contributed by atoms with E-state index >= 15 is 0 Å². The molecule has 1 aliphatic heterocycles. The number of hydrogen-bond donors (Lipinski definition) is 1. The molecule has 22 heavy (non-hydrogen) atoms. The van der Waals surface area contributed by atoms with Crippen molar-refractivity contribution in [3.8, 4) is 6.07 Å². The lowest BCUT2D eigenvalue weighted by atomic mass is 9.98. The molecule has 1 amide bonds. The second-order valence-electron chi connectivity index (χ2n) is 4.61. The van der Waals surface area contributed by atoms with Crippen LogP contribution in [-0.4, -0.2) is 34.5 Å². The van der Waals surface area contributed by atoms with Crippen LogP contribution < -0.4 is 0 Å². The quantitative estimate of drug-likeness (QED) is 0.394.